The second-order valence-corrected chi connectivity index (χ2v) is 5.31. The van der Waals surface area contributed by atoms with Crippen molar-refractivity contribution in [3.63, 3.8) is 0 Å². The Morgan fingerprint density at radius 2 is 1.69 bits per heavy atom. The van der Waals surface area contributed by atoms with Crippen LogP contribution in [0, 0.1) is 11.8 Å². The van der Waals surface area contributed by atoms with Gasteiger partial charge < -0.3 is 0 Å². The van der Waals surface area contributed by atoms with Crippen molar-refractivity contribution in [3.05, 3.63) is 35.9 Å². The van der Waals surface area contributed by atoms with Gasteiger partial charge in [-0.15, -0.1) is 0 Å². The Morgan fingerprint density at radius 1 is 1.00 bits per heavy atom. The van der Waals surface area contributed by atoms with E-state index in [1.165, 1.54) is 37.7 Å². The SMILES string of the molecule is CCCC(CCc1ccccc1)CC(C)C. The molecule has 0 saturated heterocycles. The van der Waals surface area contributed by atoms with Gasteiger partial charge in [0, 0.05) is 0 Å². The van der Waals surface area contributed by atoms with Gasteiger partial charge in [-0.3, -0.25) is 0 Å². The molecule has 0 heteroatoms. The Bertz CT molecular complexity index is 261. The van der Waals surface area contributed by atoms with Crippen LogP contribution >= 0.6 is 0 Å². The smallest absolute Gasteiger partial charge is 0.0276 e. The van der Waals surface area contributed by atoms with Crippen LogP contribution in [0.5, 0.6) is 0 Å². The maximum absolute atomic E-state index is 2.34. The van der Waals surface area contributed by atoms with E-state index in [0.29, 0.717) is 0 Å². The molecule has 0 bridgehead atoms. The predicted molar refractivity (Wildman–Crippen MR) is 72.6 cm³/mol. The van der Waals surface area contributed by atoms with E-state index in [1.807, 2.05) is 0 Å². The summed E-state index contributed by atoms with van der Waals surface area (Å²) in [6, 6.07) is 10.9. The zero-order valence-electron chi connectivity index (χ0n) is 11.1. The third kappa shape index (κ3) is 5.34. The van der Waals surface area contributed by atoms with Gasteiger partial charge in [-0.05, 0) is 36.7 Å². The first-order chi connectivity index (χ1) is 7.72. The summed E-state index contributed by atoms with van der Waals surface area (Å²) in [6.07, 6.45) is 6.71. The largest absolute Gasteiger partial charge is 0.0654 e. The van der Waals surface area contributed by atoms with Gasteiger partial charge in [-0.25, -0.2) is 0 Å². The summed E-state index contributed by atoms with van der Waals surface area (Å²) in [6.45, 7) is 6.98. The molecule has 0 aliphatic rings. The highest BCUT2D eigenvalue weighted by Crippen LogP contribution is 2.22. The first-order valence-corrected chi connectivity index (χ1v) is 6.76. The molecule has 0 saturated carbocycles. The Hall–Kier alpha value is -0.780. The Kier molecular flexibility index (Phi) is 6.22. The Labute approximate surface area is 101 Å². The normalized spacial score (nSPS) is 13.0. The van der Waals surface area contributed by atoms with Crippen LogP contribution in [0.15, 0.2) is 30.3 Å². The first-order valence-electron chi connectivity index (χ1n) is 6.76. The summed E-state index contributed by atoms with van der Waals surface area (Å²) in [7, 11) is 0. The fourth-order valence-electron chi connectivity index (χ4n) is 2.47. The topological polar surface area (TPSA) is 0 Å². The van der Waals surface area contributed by atoms with E-state index in [0.717, 1.165) is 11.8 Å². The fraction of sp³-hybridized carbons (Fsp3) is 0.625. The minimum absolute atomic E-state index is 0.840. The van der Waals surface area contributed by atoms with Crippen molar-refractivity contribution < 1.29 is 0 Å². The molecule has 0 nitrogen and oxygen atoms in total. The highest BCUT2D eigenvalue weighted by atomic mass is 14.2. The monoisotopic (exact) mass is 218 g/mol. The zero-order chi connectivity index (χ0) is 11.8. The lowest BCUT2D eigenvalue weighted by Crippen LogP contribution is -2.06. The molecule has 0 aliphatic carbocycles. The Balaban J connectivity index is 2.37. The van der Waals surface area contributed by atoms with Crippen LogP contribution in [0.1, 0.15) is 52.0 Å². The molecule has 0 N–H and O–H groups in total. The molecule has 1 atom stereocenters. The number of hydrogen-bond donors (Lipinski definition) is 0. The van der Waals surface area contributed by atoms with Crippen LogP contribution in [-0.2, 0) is 6.42 Å². The quantitative estimate of drug-likeness (QED) is 0.598. The van der Waals surface area contributed by atoms with Crippen LogP contribution in [-0.4, -0.2) is 0 Å². The van der Waals surface area contributed by atoms with Gasteiger partial charge in [0.2, 0.25) is 0 Å². The van der Waals surface area contributed by atoms with Gasteiger partial charge in [-0.2, -0.15) is 0 Å². The maximum Gasteiger partial charge on any atom is -0.0276 e. The van der Waals surface area contributed by atoms with Gasteiger partial charge in [0.15, 0.2) is 0 Å². The molecular weight excluding hydrogens is 192 g/mol. The van der Waals surface area contributed by atoms with Crippen LogP contribution in [0.25, 0.3) is 0 Å². The third-order valence-electron chi connectivity index (χ3n) is 3.19. The standard InChI is InChI=1S/C16H26/c1-4-8-16(13-14(2)3)12-11-15-9-6-5-7-10-15/h5-7,9-10,14,16H,4,8,11-13H2,1-3H3. The van der Waals surface area contributed by atoms with Crippen LogP contribution in [0.4, 0.5) is 0 Å². The van der Waals surface area contributed by atoms with Gasteiger partial charge >= 0.3 is 0 Å². The molecule has 0 fully saturated rings. The molecule has 0 radical (unpaired) electrons. The van der Waals surface area contributed by atoms with Crippen molar-refractivity contribution >= 4 is 0 Å². The van der Waals surface area contributed by atoms with E-state index in [4.69, 9.17) is 0 Å². The molecule has 1 rings (SSSR count). The summed E-state index contributed by atoms with van der Waals surface area (Å²) < 4.78 is 0. The molecule has 90 valence electrons. The molecule has 0 aliphatic heterocycles. The molecular formula is C16H26. The van der Waals surface area contributed by atoms with Crippen molar-refractivity contribution in [2.24, 2.45) is 11.8 Å². The number of aryl methyl sites for hydroxylation is 1. The first kappa shape index (κ1) is 13.3. The molecule has 0 amide bonds. The van der Waals surface area contributed by atoms with E-state index >= 15 is 0 Å². The summed E-state index contributed by atoms with van der Waals surface area (Å²) >= 11 is 0. The van der Waals surface area contributed by atoms with Gasteiger partial charge in [0.1, 0.15) is 0 Å². The average Bonchev–Trinajstić information content (AvgIpc) is 2.27. The molecule has 1 unspecified atom stereocenters. The van der Waals surface area contributed by atoms with Crippen molar-refractivity contribution in [3.8, 4) is 0 Å². The van der Waals surface area contributed by atoms with Crippen LogP contribution in [0.3, 0.4) is 0 Å². The summed E-state index contributed by atoms with van der Waals surface area (Å²) in [5.74, 6) is 1.76. The van der Waals surface area contributed by atoms with Gasteiger partial charge in [0.25, 0.3) is 0 Å². The Morgan fingerprint density at radius 3 is 2.25 bits per heavy atom. The summed E-state index contributed by atoms with van der Waals surface area (Å²) in [5, 5.41) is 0. The van der Waals surface area contributed by atoms with Gasteiger partial charge in [0.05, 0.1) is 0 Å². The molecule has 0 heterocycles. The van der Waals surface area contributed by atoms with Gasteiger partial charge in [-0.1, -0.05) is 63.9 Å². The number of benzene rings is 1. The van der Waals surface area contributed by atoms with E-state index in [2.05, 4.69) is 51.1 Å². The maximum atomic E-state index is 2.34. The van der Waals surface area contributed by atoms with E-state index in [9.17, 15) is 0 Å². The molecule has 1 aromatic rings. The summed E-state index contributed by atoms with van der Waals surface area (Å²) in [5.41, 5.74) is 1.49. The lowest BCUT2D eigenvalue weighted by molar-refractivity contribution is 0.361. The lowest BCUT2D eigenvalue weighted by atomic mass is 9.88. The van der Waals surface area contributed by atoms with E-state index in [1.54, 1.807) is 0 Å². The highest BCUT2D eigenvalue weighted by Gasteiger charge is 2.09. The minimum atomic E-state index is 0.840. The van der Waals surface area contributed by atoms with Crippen molar-refractivity contribution in [1.29, 1.82) is 0 Å². The fourth-order valence-corrected chi connectivity index (χ4v) is 2.47. The third-order valence-corrected chi connectivity index (χ3v) is 3.19. The highest BCUT2D eigenvalue weighted by molar-refractivity contribution is 5.14. The minimum Gasteiger partial charge on any atom is -0.0654 e. The number of rotatable bonds is 7. The summed E-state index contributed by atoms with van der Waals surface area (Å²) in [4.78, 5) is 0. The lowest BCUT2D eigenvalue weighted by Gasteiger charge is -2.18. The second kappa shape index (κ2) is 7.49. The van der Waals surface area contributed by atoms with Crippen molar-refractivity contribution in [2.45, 2.75) is 52.9 Å². The van der Waals surface area contributed by atoms with Crippen LogP contribution < -0.4 is 0 Å². The van der Waals surface area contributed by atoms with E-state index < -0.39 is 0 Å². The molecule has 1 aromatic carbocycles. The second-order valence-electron chi connectivity index (χ2n) is 5.31. The predicted octanol–water partition coefficient (Wildman–Crippen LogP) is 5.08. The number of hydrogen-bond acceptors (Lipinski definition) is 0. The van der Waals surface area contributed by atoms with Crippen molar-refractivity contribution in [1.82, 2.24) is 0 Å². The molecule has 16 heavy (non-hydrogen) atoms. The van der Waals surface area contributed by atoms with E-state index in [-0.39, 0.29) is 0 Å². The molecule has 0 aromatic heterocycles. The van der Waals surface area contributed by atoms with Crippen LogP contribution in [0.2, 0.25) is 0 Å². The average molecular weight is 218 g/mol. The van der Waals surface area contributed by atoms with Crippen molar-refractivity contribution in [2.75, 3.05) is 0 Å². The zero-order valence-corrected chi connectivity index (χ0v) is 11.1. The molecule has 0 spiro atoms.